The van der Waals surface area contributed by atoms with Crippen molar-refractivity contribution < 1.29 is 0 Å². The number of nitriles is 1. The fourth-order valence-electron chi connectivity index (χ4n) is 1.95. The van der Waals surface area contributed by atoms with Gasteiger partial charge in [0.1, 0.15) is 6.07 Å². The molecule has 0 radical (unpaired) electrons. The standard InChI is InChI=1S/C16H10N4S2/c1-3-10-5-4-6-11(7-10)18-12-8-14-15(19-13(12)9-17)20-16(21-2)22-14/h1,4-8,18H,2H3. The van der Waals surface area contributed by atoms with Crippen LogP contribution in [-0.4, -0.2) is 16.2 Å². The molecule has 6 heteroatoms. The number of thiazole rings is 1. The predicted octanol–water partition coefficient (Wildman–Crippen LogP) is 4.01. The molecule has 0 saturated carbocycles. The molecule has 106 valence electrons. The lowest BCUT2D eigenvalue weighted by atomic mass is 10.2. The normalized spacial score (nSPS) is 10.1. The zero-order valence-corrected chi connectivity index (χ0v) is 13.3. The number of benzene rings is 1. The summed E-state index contributed by atoms with van der Waals surface area (Å²) in [5.74, 6) is 2.59. The molecular weight excluding hydrogens is 312 g/mol. The van der Waals surface area contributed by atoms with E-state index in [1.54, 1.807) is 23.1 Å². The van der Waals surface area contributed by atoms with Gasteiger partial charge in [-0.3, -0.25) is 0 Å². The van der Waals surface area contributed by atoms with Gasteiger partial charge < -0.3 is 5.32 Å². The van der Waals surface area contributed by atoms with E-state index in [0.717, 1.165) is 20.3 Å². The number of thioether (sulfide) groups is 1. The van der Waals surface area contributed by atoms with E-state index in [0.29, 0.717) is 17.0 Å². The molecular formula is C16H10N4S2. The molecule has 0 atom stereocenters. The van der Waals surface area contributed by atoms with E-state index in [1.165, 1.54) is 0 Å². The van der Waals surface area contributed by atoms with E-state index in [1.807, 2.05) is 36.6 Å². The van der Waals surface area contributed by atoms with Crippen molar-refractivity contribution in [2.45, 2.75) is 4.34 Å². The SMILES string of the molecule is C#Cc1cccc(Nc2cc3sc(SC)nc3nc2C#N)c1. The number of pyridine rings is 1. The molecule has 1 N–H and O–H groups in total. The Bertz CT molecular complexity index is 931. The molecule has 3 aromatic rings. The number of nitrogens with one attached hydrogen (secondary N) is 1. The molecule has 0 aliphatic heterocycles. The van der Waals surface area contributed by atoms with Gasteiger partial charge in [0.15, 0.2) is 15.7 Å². The lowest BCUT2D eigenvalue weighted by Crippen LogP contribution is -1.96. The van der Waals surface area contributed by atoms with Crippen LogP contribution in [0.15, 0.2) is 34.7 Å². The molecule has 0 saturated heterocycles. The van der Waals surface area contributed by atoms with Gasteiger partial charge in [-0.25, -0.2) is 9.97 Å². The third kappa shape index (κ3) is 2.75. The Morgan fingerprint density at radius 2 is 2.18 bits per heavy atom. The van der Waals surface area contributed by atoms with Crippen LogP contribution in [-0.2, 0) is 0 Å². The summed E-state index contributed by atoms with van der Waals surface area (Å²) in [6.45, 7) is 0. The van der Waals surface area contributed by atoms with Crippen molar-refractivity contribution >= 4 is 44.8 Å². The third-order valence-electron chi connectivity index (χ3n) is 2.95. The molecule has 0 aliphatic carbocycles. The summed E-state index contributed by atoms with van der Waals surface area (Å²) < 4.78 is 1.87. The highest BCUT2D eigenvalue weighted by Crippen LogP contribution is 2.31. The molecule has 1 aromatic carbocycles. The third-order valence-corrected chi connectivity index (χ3v) is 4.93. The average molecular weight is 322 g/mol. The van der Waals surface area contributed by atoms with Gasteiger partial charge >= 0.3 is 0 Å². The lowest BCUT2D eigenvalue weighted by Gasteiger charge is -2.08. The van der Waals surface area contributed by atoms with Crippen LogP contribution in [0.4, 0.5) is 11.4 Å². The Morgan fingerprint density at radius 3 is 2.91 bits per heavy atom. The Labute approximate surface area is 136 Å². The van der Waals surface area contributed by atoms with E-state index in [2.05, 4.69) is 27.3 Å². The van der Waals surface area contributed by atoms with Crippen LogP contribution in [0.2, 0.25) is 0 Å². The zero-order chi connectivity index (χ0) is 15.5. The molecule has 0 aliphatic rings. The lowest BCUT2D eigenvalue weighted by molar-refractivity contribution is 1.22. The predicted molar refractivity (Wildman–Crippen MR) is 91.6 cm³/mol. The van der Waals surface area contributed by atoms with Crippen LogP contribution in [0.5, 0.6) is 0 Å². The second-order valence-electron chi connectivity index (χ2n) is 4.35. The maximum absolute atomic E-state index is 9.31. The summed E-state index contributed by atoms with van der Waals surface area (Å²) in [4.78, 5) is 8.70. The number of hydrogen-bond acceptors (Lipinski definition) is 6. The Kier molecular flexibility index (Phi) is 3.97. The molecule has 2 heterocycles. The highest BCUT2D eigenvalue weighted by atomic mass is 32.2. The Balaban J connectivity index is 2.05. The van der Waals surface area contributed by atoms with Crippen molar-refractivity contribution in [2.75, 3.05) is 11.6 Å². The molecule has 4 nitrogen and oxygen atoms in total. The quantitative estimate of drug-likeness (QED) is 0.583. The summed E-state index contributed by atoms with van der Waals surface area (Å²) in [5, 5.41) is 12.5. The fourth-order valence-corrected chi connectivity index (χ4v) is 3.41. The first kappa shape index (κ1) is 14.4. The number of rotatable bonds is 3. The summed E-state index contributed by atoms with van der Waals surface area (Å²) in [7, 11) is 0. The minimum absolute atomic E-state index is 0.316. The highest BCUT2D eigenvalue weighted by Gasteiger charge is 2.11. The van der Waals surface area contributed by atoms with Gasteiger partial charge in [-0.15, -0.1) is 17.8 Å². The van der Waals surface area contributed by atoms with Crippen molar-refractivity contribution in [3.63, 3.8) is 0 Å². The summed E-state index contributed by atoms with van der Waals surface area (Å²) >= 11 is 3.12. The molecule has 0 fully saturated rings. The van der Waals surface area contributed by atoms with Gasteiger partial charge in [-0.1, -0.05) is 23.7 Å². The molecule has 0 spiro atoms. The van der Waals surface area contributed by atoms with Gasteiger partial charge in [-0.05, 0) is 30.5 Å². The number of terminal acetylenes is 1. The molecule has 22 heavy (non-hydrogen) atoms. The number of nitrogens with zero attached hydrogens (tertiary/aromatic N) is 3. The Hall–Kier alpha value is -2.54. The van der Waals surface area contributed by atoms with Crippen LogP contribution in [0, 0.1) is 23.7 Å². The second kappa shape index (κ2) is 6.07. The first-order valence-electron chi connectivity index (χ1n) is 6.33. The Morgan fingerprint density at radius 1 is 1.32 bits per heavy atom. The van der Waals surface area contributed by atoms with Crippen LogP contribution in [0.1, 0.15) is 11.3 Å². The fraction of sp³-hybridized carbons (Fsp3) is 0.0625. The van der Waals surface area contributed by atoms with E-state index in [-0.39, 0.29) is 0 Å². The van der Waals surface area contributed by atoms with Crippen LogP contribution in [0.3, 0.4) is 0 Å². The smallest absolute Gasteiger partial charge is 0.173 e. The van der Waals surface area contributed by atoms with Crippen molar-refractivity contribution in [3.8, 4) is 18.4 Å². The van der Waals surface area contributed by atoms with Gasteiger partial charge in [0.05, 0.1) is 10.4 Å². The zero-order valence-electron chi connectivity index (χ0n) is 11.6. The van der Waals surface area contributed by atoms with Crippen molar-refractivity contribution in [3.05, 3.63) is 41.6 Å². The summed E-state index contributed by atoms with van der Waals surface area (Å²) in [6.07, 6.45) is 7.37. The highest BCUT2D eigenvalue weighted by molar-refractivity contribution is 8.00. The topological polar surface area (TPSA) is 61.6 Å². The van der Waals surface area contributed by atoms with Gasteiger partial charge in [0.25, 0.3) is 0 Å². The van der Waals surface area contributed by atoms with E-state index >= 15 is 0 Å². The van der Waals surface area contributed by atoms with E-state index < -0.39 is 0 Å². The van der Waals surface area contributed by atoms with Gasteiger partial charge in [0, 0.05) is 11.3 Å². The maximum Gasteiger partial charge on any atom is 0.173 e. The minimum Gasteiger partial charge on any atom is -0.353 e. The van der Waals surface area contributed by atoms with Crippen molar-refractivity contribution in [1.29, 1.82) is 5.26 Å². The van der Waals surface area contributed by atoms with Gasteiger partial charge in [0.2, 0.25) is 0 Å². The van der Waals surface area contributed by atoms with Crippen LogP contribution < -0.4 is 5.32 Å². The number of hydrogen-bond donors (Lipinski definition) is 1. The van der Waals surface area contributed by atoms with Crippen molar-refractivity contribution in [1.82, 2.24) is 9.97 Å². The largest absolute Gasteiger partial charge is 0.353 e. The first-order chi connectivity index (χ1) is 10.7. The minimum atomic E-state index is 0.316. The number of fused-ring (bicyclic) bond motifs is 1. The second-order valence-corrected chi connectivity index (χ2v) is 6.44. The monoisotopic (exact) mass is 322 g/mol. The summed E-state index contributed by atoms with van der Waals surface area (Å²) in [5.41, 5.74) is 3.17. The number of aromatic nitrogens is 2. The molecule has 0 unspecified atom stereocenters. The summed E-state index contributed by atoms with van der Waals surface area (Å²) in [6, 6.07) is 11.5. The van der Waals surface area contributed by atoms with Gasteiger partial charge in [-0.2, -0.15) is 5.26 Å². The van der Waals surface area contributed by atoms with Crippen molar-refractivity contribution in [2.24, 2.45) is 0 Å². The average Bonchev–Trinajstić information content (AvgIpc) is 2.96. The van der Waals surface area contributed by atoms with E-state index in [9.17, 15) is 5.26 Å². The molecule has 0 amide bonds. The number of anilines is 2. The molecule has 3 rings (SSSR count). The van der Waals surface area contributed by atoms with Crippen LogP contribution in [0.25, 0.3) is 10.3 Å². The molecule has 0 bridgehead atoms. The first-order valence-corrected chi connectivity index (χ1v) is 8.37. The maximum atomic E-state index is 9.31. The molecule has 2 aromatic heterocycles. The van der Waals surface area contributed by atoms with E-state index in [4.69, 9.17) is 6.42 Å². The van der Waals surface area contributed by atoms with Crippen LogP contribution >= 0.6 is 23.1 Å².